The molecular weight excluding hydrogens is 330 g/mol. The molecule has 25 heavy (non-hydrogen) atoms. The molecule has 0 radical (unpaired) electrons. The van der Waals surface area contributed by atoms with E-state index in [0.717, 1.165) is 44.8 Å². The van der Waals surface area contributed by atoms with E-state index in [2.05, 4.69) is 19.9 Å². The fourth-order valence-electron chi connectivity index (χ4n) is 2.61. The molecule has 6 nitrogen and oxygen atoms in total. The van der Waals surface area contributed by atoms with Gasteiger partial charge in [-0.1, -0.05) is 17.7 Å². The average Bonchev–Trinajstić information content (AvgIpc) is 2.59. The van der Waals surface area contributed by atoms with E-state index in [0.29, 0.717) is 18.1 Å². The third kappa shape index (κ3) is 7.23. The van der Waals surface area contributed by atoms with Crippen LogP contribution in [0, 0.1) is 6.92 Å². The molecule has 140 valence electrons. The smallest absolute Gasteiger partial charge is 0.387 e. The molecule has 0 bridgehead atoms. The van der Waals surface area contributed by atoms with Crippen LogP contribution < -0.4 is 15.8 Å². The molecule has 1 aliphatic rings. The number of nitrogens with zero attached hydrogens (tertiary/aromatic N) is 2. The molecule has 1 heterocycles. The van der Waals surface area contributed by atoms with Crippen molar-refractivity contribution in [1.82, 2.24) is 10.2 Å². The first-order valence-electron chi connectivity index (χ1n) is 8.43. The predicted molar refractivity (Wildman–Crippen MR) is 93.0 cm³/mol. The summed E-state index contributed by atoms with van der Waals surface area (Å²) in [6.45, 7) is 4.40. The van der Waals surface area contributed by atoms with Crippen molar-refractivity contribution in [2.24, 2.45) is 10.7 Å². The van der Waals surface area contributed by atoms with Gasteiger partial charge in [0.2, 0.25) is 0 Å². The van der Waals surface area contributed by atoms with Crippen LogP contribution in [0.4, 0.5) is 8.78 Å². The van der Waals surface area contributed by atoms with Gasteiger partial charge in [0, 0.05) is 25.2 Å². The normalized spacial score (nSPS) is 16.2. The molecule has 1 aliphatic heterocycles. The van der Waals surface area contributed by atoms with Gasteiger partial charge in [0.05, 0.1) is 19.8 Å². The SMILES string of the molecule is Cc1ccc(OC(F)F)c(CN=C(N)NCCCN2CCOCC2)c1. The van der Waals surface area contributed by atoms with Gasteiger partial charge in [0.1, 0.15) is 5.75 Å². The van der Waals surface area contributed by atoms with E-state index in [1.165, 1.54) is 6.07 Å². The van der Waals surface area contributed by atoms with Crippen molar-refractivity contribution in [1.29, 1.82) is 0 Å². The molecule has 2 rings (SSSR count). The van der Waals surface area contributed by atoms with Crippen LogP contribution in [0.15, 0.2) is 23.2 Å². The Bertz CT molecular complexity index is 564. The van der Waals surface area contributed by atoms with Gasteiger partial charge in [-0.3, -0.25) is 4.90 Å². The molecular formula is C17H26F2N4O2. The summed E-state index contributed by atoms with van der Waals surface area (Å²) in [6, 6.07) is 5.02. The summed E-state index contributed by atoms with van der Waals surface area (Å²) in [6.07, 6.45) is 0.945. The Balaban J connectivity index is 1.77. The highest BCUT2D eigenvalue weighted by Gasteiger charge is 2.10. The van der Waals surface area contributed by atoms with Crippen molar-refractivity contribution >= 4 is 5.96 Å². The van der Waals surface area contributed by atoms with E-state index in [4.69, 9.17) is 10.5 Å². The van der Waals surface area contributed by atoms with Crippen LogP contribution in [0.3, 0.4) is 0 Å². The minimum atomic E-state index is -2.86. The van der Waals surface area contributed by atoms with Crippen molar-refractivity contribution in [2.75, 3.05) is 39.4 Å². The van der Waals surface area contributed by atoms with Gasteiger partial charge in [-0.25, -0.2) is 4.99 Å². The molecule has 1 aromatic carbocycles. The van der Waals surface area contributed by atoms with Crippen molar-refractivity contribution in [3.05, 3.63) is 29.3 Å². The van der Waals surface area contributed by atoms with E-state index in [-0.39, 0.29) is 12.3 Å². The first kappa shape index (κ1) is 19.4. The van der Waals surface area contributed by atoms with E-state index >= 15 is 0 Å². The van der Waals surface area contributed by atoms with Crippen molar-refractivity contribution in [3.8, 4) is 5.75 Å². The minimum absolute atomic E-state index is 0.129. The summed E-state index contributed by atoms with van der Waals surface area (Å²) in [7, 11) is 0. The fourth-order valence-corrected chi connectivity index (χ4v) is 2.61. The highest BCUT2D eigenvalue weighted by Crippen LogP contribution is 2.22. The number of ether oxygens (including phenoxy) is 2. The number of rotatable bonds is 8. The van der Waals surface area contributed by atoms with Gasteiger partial charge >= 0.3 is 6.61 Å². The maximum Gasteiger partial charge on any atom is 0.387 e. The van der Waals surface area contributed by atoms with E-state index in [1.807, 2.05) is 6.92 Å². The highest BCUT2D eigenvalue weighted by molar-refractivity contribution is 5.77. The lowest BCUT2D eigenvalue weighted by atomic mass is 10.1. The summed E-state index contributed by atoms with van der Waals surface area (Å²) in [5, 5.41) is 3.05. The minimum Gasteiger partial charge on any atom is -0.434 e. The Labute approximate surface area is 147 Å². The molecule has 0 atom stereocenters. The van der Waals surface area contributed by atoms with E-state index < -0.39 is 6.61 Å². The van der Waals surface area contributed by atoms with Crippen LogP contribution in [0.25, 0.3) is 0 Å². The number of nitrogens with one attached hydrogen (secondary N) is 1. The summed E-state index contributed by atoms with van der Waals surface area (Å²) >= 11 is 0. The molecule has 1 fully saturated rings. The molecule has 0 aliphatic carbocycles. The van der Waals surface area contributed by atoms with Gasteiger partial charge in [-0.05, 0) is 26.0 Å². The highest BCUT2D eigenvalue weighted by atomic mass is 19.3. The average molecular weight is 356 g/mol. The van der Waals surface area contributed by atoms with Gasteiger partial charge in [0.25, 0.3) is 0 Å². The van der Waals surface area contributed by atoms with Crippen molar-refractivity contribution < 1.29 is 18.3 Å². The van der Waals surface area contributed by atoms with Crippen LogP contribution in [0.2, 0.25) is 0 Å². The van der Waals surface area contributed by atoms with Gasteiger partial charge in [-0.15, -0.1) is 0 Å². The lowest BCUT2D eigenvalue weighted by molar-refractivity contribution is -0.0504. The summed E-state index contributed by atoms with van der Waals surface area (Å²) in [5.41, 5.74) is 7.38. The van der Waals surface area contributed by atoms with E-state index in [9.17, 15) is 8.78 Å². The Morgan fingerprint density at radius 2 is 2.16 bits per heavy atom. The maximum atomic E-state index is 12.5. The molecule has 0 saturated carbocycles. The molecule has 0 aromatic heterocycles. The van der Waals surface area contributed by atoms with Crippen LogP contribution in [-0.4, -0.2) is 56.9 Å². The lowest BCUT2D eigenvalue weighted by Gasteiger charge is -2.26. The van der Waals surface area contributed by atoms with Crippen molar-refractivity contribution in [3.63, 3.8) is 0 Å². The second-order valence-electron chi connectivity index (χ2n) is 5.93. The van der Waals surface area contributed by atoms with Gasteiger partial charge in [0.15, 0.2) is 5.96 Å². The van der Waals surface area contributed by atoms with E-state index in [1.54, 1.807) is 12.1 Å². The van der Waals surface area contributed by atoms with Gasteiger partial charge < -0.3 is 20.5 Å². The molecule has 0 amide bonds. The topological polar surface area (TPSA) is 72.1 Å². The maximum absolute atomic E-state index is 12.5. The van der Waals surface area contributed by atoms with Crippen LogP contribution in [-0.2, 0) is 11.3 Å². The van der Waals surface area contributed by atoms with Crippen LogP contribution in [0.5, 0.6) is 5.75 Å². The number of alkyl halides is 2. The summed E-state index contributed by atoms with van der Waals surface area (Å²) in [5.74, 6) is 0.427. The third-order valence-electron chi connectivity index (χ3n) is 3.91. The number of hydrogen-bond acceptors (Lipinski definition) is 4. The Kier molecular flexibility index (Phi) is 7.87. The largest absolute Gasteiger partial charge is 0.434 e. The molecule has 0 unspecified atom stereocenters. The first-order valence-corrected chi connectivity index (χ1v) is 8.43. The monoisotopic (exact) mass is 356 g/mol. The number of hydrogen-bond donors (Lipinski definition) is 2. The number of guanidine groups is 1. The number of benzene rings is 1. The number of halogens is 2. The Morgan fingerprint density at radius 3 is 2.88 bits per heavy atom. The third-order valence-corrected chi connectivity index (χ3v) is 3.91. The molecule has 8 heteroatoms. The zero-order valence-electron chi connectivity index (χ0n) is 14.5. The molecule has 1 aromatic rings. The number of morpholine rings is 1. The second-order valence-corrected chi connectivity index (χ2v) is 5.93. The number of nitrogens with two attached hydrogens (primary N) is 1. The van der Waals surface area contributed by atoms with Crippen LogP contribution in [0.1, 0.15) is 17.5 Å². The zero-order valence-corrected chi connectivity index (χ0v) is 14.5. The zero-order chi connectivity index (χ0) is 18.1. The predicted octanol–water partition coefficient (Wildman–Crippen LogP) is 1.72. The lowest BCUT2D eigenvalue weighted by Crippen LogP contribution is -2.39. The van der Waals surface area contributed by atoms with Crippen LogP contribution >= 0.6 is 0 Å². The summed E-state index contributed by atoms with van der Waals surface area (Å²) in [4.78, 5) is 6.56. The molecule has 1 saturated heterocycles. The Hall–Kier alpha value is -1.93. The fraction of sp³-hybridized carbons (Fsp3) is 0.588. The molecule has 0 spiro atoms. The molecule has 3 N–H and O–H groups in total. The number of aliphatic imine (C=N–C) groups is 1. The Morgan fingerprint density at radius 1 is 1.40 bits per heavy atom. The standard InChI is InChI=1S/C17H26F2N4O2/c1-13-3-4-15(25-16(18)19)14(11-13)12-22-17(20)21-5-2-6-23-7-9-24-10-8-23/h3-4,11,16H,2,5-10,12H2,1H3,(H3,20,21,22). The quantitative estimate of drug-likeness (QED) is 0.422. The second kappa shape index (κ2) is 10.1. The van der Waals surface area contributed by atoms with Gasteiger partial charge in [-0.2, -0.15) is 8.78 Å². The first-order chi connectivity index (χ1) is 12.0. The van der Waals surface area contributed by atoms with Crippen molar-refractivity contribution in [2.45, 2.75) is 26.5 Å². The summed E-state index contributed by atoms with van der Waals surface area (Å²) < 4.78 is 34.7. The number of aryl methyl sites for hydroxylation is 1.